The normalized spacial score (nSPS) is 17.4. The standard InChI is InChI=1S/C26H30N2O5/c1-17(2)24(28-26(32)33-16-18-7-4-3-5-8-18)23(30)15-20-13-19-11-12-27-21(14-19)9-6-10-22(29)25(20)31/h3-5,7-8,11-12,14,17,20,24H,6,9-10,13,15-16H2,1-2H3,(H,28,32). The number of amides is 1. The lowest BCUT2D eigenvalue weighted by atomic mass is 9.84. The molecule has 0 radical (unpaired) electrons. The predicted molar refractivity (Wildman–Crippen MR) is 122 cm³/mol. The van der Waals surface area contributed by atoms with Gasteiger partial charge in [0.25, 0.3) is 0 Å². The minimum Gasteiger partial charge on any atom is -0.445 e. The third-order valence-electron chi connectivity index (χ3n) is 5.79. The summed E-state index contributed by atoms with van der Waals surface area (Å²) in [5.41, 5.74) is 2.59. The van der Waals surface area contributed by atoms with Crippen LogP contribution in [0.3, 0.4) is 0 Å². The smallest absolute Gasteiger partial charge is 0.408 e. The van der Waals surface area contributed by atoms with E-state index in [-0.39, 0.29) is 37.6 Å². The molecular weight excluding hydrogens is 420 g/mol. The zero-order valence-electron chi connectivity index (χ0n) is 19.1. The van der Waals surface area contributed by atoms with E-state index in [0.717, 1.165) is 16.8 Å². The molecule has 3 rings (SSSR count). The van der Waals surface area contributed by atoms with Crippen molar-refractivity contribution in [3.05, 3.63) is 65.5 Å². The minimum atomic E-state index is -0.820. The van der Waals surface area contributed by atoms with Gasteiger partial charge in [0, 0.05) is 30.7 Å². The number of Topliss-reactive ketones (excluding diaryl/α,β-unsaturated/α-hetero) is 3. The van der Waals surface area contributed by atoms with Gasteiger partial charge < -0.3 is 10.1 Å². The second-order valence-electron chi connectivity index (χ2n) is 8.80. The van der Waals surface area contributed by atoms with Gasteiger partial charge in [-0.05, 0) is 48.4 Å². The molecule has 0 saturated carbocycles. The zero-order valence-corrected chi connectivity index (χ0v) is 19.1. The number of aromatic nitrogens is 1. The number of rotatable bonds is 7. The van der Waals surface area contributed by atoms with Crippen molar-refractivity contribution in [2.24, 2.45) is 11.8 Å². The molecule has 0 aliphatic heterocycles. The number of carbonyl (C=O) groups is 4. The Morgan fingerprint density at radius 3 is 2.61 bits per heavy atom. The Balaban J connectivity index is 1.68. The van der Waals surface area contributed by atoms with Crippen LogP contribution in [0.25, 0.3) is 0 Å². The molecule has 7 nitrogen and oxygen atoms in total. The Morgan fingerprint density at radius 2 is 1.88 bits per heavy atom. The number of ether oxygens (including phenoxy) is 1. The van der Waals surface area contributed by atoms with Crippen LogP contribution < -0.4 is 5.32 Å². The van der Waals surface area contributed by atoms with Gasteiger partial charge in [0.05, 0.1) is 6.04 Å². The van der Waals surface area contributed by atoms with E-state index in [0.29, 0.717) is 12.8 Å². The summed E-state index contributed by atoms with van der Waals surface area (Å²) >= 11 is 0. The highest BCUT2D eigenvalue weighted by Gasteiger charge is 2.32. The van der Waals surface area contributed by atoms with Crippen molar-refractivity contribution in [2.45, 2.75) is 58.6 Å². The maximum Gasteiger partial charge on any atom is 0.408 e. The Morgan fingerprint density at radius 1 is 1.12 bits per heavy atom. The number of nitrogens with one attached hydrogen (secondary N) is 1. The first-order valence-electron chi connectivity index (χ1n) is 11.3. The van der Waals surface area contributed by atoms with E-state index in [2.05, 4.69) is 10.3 Å². The molecule has 0 spiro atoms. The van der Waals surface area contributed by atoms with Crippen molar-refractivity contribution in [3.8, 4) is 0 Å². The van der Waals surface area contributed by atoms with Crippen molar-refractivity contribution in [3.63, 3.8) is 0 Å². The highest BCUT2D eigenvalue weighted by Crippen LogP contribution is 2.21. The summed E-state index contributed by atoms with van der Waals surface area (Å²) in [6.07, 6.45) is 2.50. The molecule has 2 unspecified atom stereocenters. The number of ketones is 3. The first-order valence-corrected chi connectivity index (χ1v) is 11.3. The SMILES string of the molecule is CC(C)C(NC(=O)OCc1ccccc1)C(=O)CC1Cc2ccnc(c2)CCCC(=O)C1=O. The predicted octanol–water partition coefficient (Wildman–Crippen LogP) is 3.63. The maximum absolute atomic E-state index is 13.1. The molecule has 174 valence electrons. The molecule has 1 heterocycles. The van der Waals surface area contributed by atoms with Gasteiger partial charge in [0.15, 0.2) is 11.6 Å². The second kappa shape index (κ2) is 11.5. The van der Waals surface area contributed by atoms with Crippen LogP contribution in [0.5, 0.6) is 0 Å². The molecule has 2 aromatic rings. The monoisotopic (exact) mass is 450 g/mol. The summed E-state index contributed by atoms with van der Waals surface area (Å²) in [7, 11) is 0. The lowest BCUT2D eigenvalue weighted by Gasteiger charge is -2.23. The second-order valence-corrected chi connectivity index (χ2v) is 8.80. The summed E-state index contributed by atoms with van der Waals surface area (Å²) in [4.78, 5) is 55.0. The fourth-order valence-electron chi connectivity index (χ4n) is 4.00. The average molecular weight is 451 g/mol. The van der Waals surface area contributed by atoms with Gasteiger partial charge in [-0.3, -0.25) is 19.4 Å². The van der Waals surface area contributed by atoms with E-state index in [1.54, 1.807) is 12.3 Å². The van der Waals surface area contributed by atoms with Gasteiger partial charge in [-0.1, -0.05) is 44.2 Å². The van der Waals surface area contributed by atoms with E-state index in [4.69, 9.17) is 4.74 Å². The Kier molecular flexibility index (Phi) is 8.46. The van der Waals surface area contributed by atoms with Crippen molar-refractivity contribution in [2.75, 3.05) is 0 Å². The topological polar surface area (TPSA) is 102 Å². The van der Waals surface area contributed by atoms with Gasteiger partial charge in [-0.2, -0.15) is 0 Å². The first kappa shape index (κ1) is 24.3. The number of fused-ring (bicyclic) bond motifs is 2. The van der Waals surface area contributed by atoms with Crippen LogP contribution in [0, 0.1) is 11.8 Å². The molecule has 1 aliphatic rings. The molecule has 0 fully saturated rings. The molecule has 2 bridgehead atoms. The zero-order chi connectivity index (χ0) is 23.8. The van der Waals surface area contributed by atoms with E-state index >= 15 is 0 Å². The van der Waals surface area contributed by atoms with Crippen molar-refractivity contribution < 1.29 is 23.9 Å². The number of pyridine rings is 1. The molecule has 1 N–H and O–H groups in total. The quantitative estimate of drug-likeness (QED) is 0.647. The molecule has 1 aliphatic carbocycles. The molecule has 0 saturated heterocycles. The number of benzene rings is 1. The molecular formula is C26H30N2O5. The minimum absolute atomic E-state index is 0.0890. The molecule has 33 heavy (non-hydrogen) atoms. The number of nitrogens with zero attached hydrogens (tertiary/aromatic N) is 1. The number of hydrogen-bond acceptors (Lipinski definition) is 6. The van der Waals surface area contributed by atoms with Gasteiger partial charge in [-0.25, -0.2) is 4.79 Å². The molecule has 1 amide bonds. The van der Waals surface area contributed by atoms with Crippen LogP contribution in [-0.2, 0) is 38.6 Å². The first-order chi connectivity index (χ1) is 15.8. The van der Waals surface area contributed by atoms with Crippen LogP contribution in [-0.4, -0.2) is 34.5 Å². The largest absolute Gasteiger partial charge is 0.445 e. The van der Waals surface area contributed by atoms with Crippen molar-refractivity contribution >= 4 is 23.4 Å². The summed E-state index contributed by atoms with van der Waals surface area (Å²) in [6.45, 7) is 3.72. The Labute approximate surface area is 193 Å². The Bertz CT molecular complexity index is 1000. The third kappa shape index (κ3) is 7.07. The number of aryl methyl sites for hydroxylation is 1. The van der Waals surface area contributed by atoms with Gasteiger partial charge in [0.1, 0.15) is 6.61 Å². The maximum atomic E-state index is 13.1. The van der Waals surface area contributed by atoms with Crippen LogP contribution >= 0.6 is 0 Å². The summed E-state index contributed by atoms with van der Waals surface area (Å²) in [6, 6.07) is 12.2. The van der Waals surface area contributed by atoms with E-state index in [1.807, 2.05) is 50.2 Å². The molecule has 1 aromatic carbocycles. The van der Waals surface area contributed by atoms with E-state index in [9.17, 15) is 19.2 Å². The average Bonchev–Trinajstić information content (AvgIpc) is 2.80. The summed E-state index contributed by atoms with van der Waals surface area (Å²) in [5, 5.41) is 2.64. The number of hydrogen-bond donors (Lipinski definition) is 1. The van der Waals surface area contributed by atoms with E-state index in [1.165, 1.54) is 0 Å². The van der Waals surface area contributed by atoms with Crippen LogP contribution in [0.1, 0.15) is 49.9 Å². The lowest BCUT2D eigenvalue weighted by Crippen LogP contribution is -2.46. The van der Waals surface area contributed by atoms with Gasteiger partial charge in [-0.15, -0.1) is 0 Å². The summed E-state index contributed by atoms with van der Waals surface area (Å²) < 4.78 is 5.25. The molecule has 7 heteroatoms. The molecule has 1 aromatic heterocycles. The van der Waals surface area contributed by atoms with Crippen molar-refractivity contribution in [1.29, 1.82) is 0 Å². The number of carbonyl (C=O) groups excluding carboxylic acids is 4. The fraction of sp³-hybridized carbons (Fsp3) is 0.423. The highest BCUT2D eigenvalue weighted by molar-refractivity contribution is 6.38. The molecule has 2 atom stereocenters. The van der Waals surface area contributed by atoms with Crippen LogP contribution in [0.15, 0.2) is 48.7 Å². The van der Waals surface area contributed by atoms with Gasteiger partial charge >= 0.3 is 6.09 Å². The van der Waals surface area contributed by atoms with Gasteiger partial charge in [0.2, 0.25) is 5.78 Å². The van der Waals surface area contributed by atoms with E-state index < -0.39 is 29.6 Å². The Hall–Kier alpha value is -3.35. The third-order valence-corrected chi connectivity index (χ3v) is 5.79. The van der Waals surface area contributed by atoms with Crippen molar-refractivity contribution in [1.82, 2.24) is 10.3 Å². The summed E-state index contributed by atoms with van der Waals surface area (Å²) in [5.74, 6) is -2.23. The number of alkyl carbamates (subject to hydrolysis) is 1. The van der Waals surface area contributed by atoms with Crippen LogP contribution in [0.4, 0.5) is 4.79 Å². The van der Waals surface area contributed by atoms with Crippen LogP contribution in [0.2, 0.25) is 0 Å². The fourth-order valence-corrected chi connectivity index (χ4v) is 4.00. The lowest BCUT2D eigenvalue weighted by molar-refractivity contribution is -0.140. The highest BCUT2D eigenvalue weighted by atomic mass is 16.5.